The first-order valence-electron chi connectivity index (χ1n) is 12.7. The van der Waals surface area contributed by atoms with Crippen LogP contribution in [0.5, 0.6) is 0 Å². The van der Waals surface area contributed by atoms with Gasteiger partial charge in [-0.3, -0.25) is 4.79 Å². The van der Waals surface area contributed by atoms with Gasteiger partial charge < -0.3 is 14.8 Å². The molecule has 0 bridgehead atoms. The molecule has 2 N–H and O–H groups in total. The molecular formula is C32H34N2O4. The van der Waals surface area contributed by atoms with E-state index in [0.29, 0.717) is 28.0 Å². The van der Waals surface area contributed by atoms with E-state index in [1.54, 1.807) is 31.2 Å². The lowest BCUT2D eigenvalue weighted by Gasteiger charge is -2.20. The van der Waals surface area contributed by atoms with E-state index in [1.807, 2.05) is 77.9 Å². The summed E-state index contributed by atoms with van der Waals surface area (Å²) in [5.74, 6) is -0.574. The quantitative estimate of drug-likeness (QED) is 0.274. The van der Waals surface area contributed by atoms with Crippen LogP contribution in [0.4, 0.5) is 5.69 Å². The Labute approximate surface area is 223 Å². The first kappa shape index (κ1) is 28.2. The number of nitriles is 1. The van der Waals surface area contributed by atoms with Gasteiger partial charge in [-0.2, -0.15) is 5.26 Å². The van der Waals surface area contributed by atoms with E-state index in [-0.39, 0.29) is 17.0 Å². The molecule has 0 aliphatic carbocycles. The average molecular weight is 511 g/mol. The molecule has 0 spiro atoms. The zero-order chi connectivity index (χ0) is 28.2. The first-order valence-corrected chi connectivity index (χ1v) is 12.7. The number of carbonyl (C=O) groups is 1. The fourth-order valence-corrected chi connectivity index (χ4v) is 4.38. The van der Waals surface area contributed by atoms with E-state index >= 15 is 0 Å². The highest BCUT2D eigenvalue weighted by molar-refractivity contribution is 5.94. The molecule has 6 heteroatoms. The Kier molecular flexibility index (Phi) is 8.42. The third-order valence-electron chi connectivity index (χ3n) is 6.51. The van der Waals surface area contributed by atoms with Crippen molar-refractivity contribution < 1.29 is 14.3 Å². The summed E-state index contributed by atoms with van der Waals surface area (Å²) >= 11 is 0. The smallest absolute Gasteiger partial charge is 0.337 e. The maximum absolute atomic E-state index is 13.5. The van der Waals surface area contributed by atoms with Crippen LogP contribution in [0.15, 0.2) is 69.9 Å². The molecule has 1 heterocycles. The van der Waals surface area contributed by atoms with Crippen LogP contribution < -0.4 is 10.7 Å². The summed E-state index contributed by atoms with van der Waals surface area (Å²) in [6.45, 7) is 13.3. The standard InChI is InChI=1S/C30H28N2O4.C2H6/c1-17-13-23(19(3)32-25-12-7-6-11-22(25)29(34)35)28-24(14-17)26(33)18(2)27(36-28)20-9-8-10-21(15-20)30(4,5)16-31;1-2/h6-15,19,32H,1-5H3,(H,34,35);1-2H3. The minimum Gasteiger partial charge on any atom is -0.478 e. The molecule has 0 saturated heterocycles. The Morgan fingerprint density at radius 3 is 2.39 bits per heavy atom. The molecule has 1 aromatic heterocycles. The van der Waals surface area contributed by atoms with Crippen molar-refractivity contribution in [3.63, 3.8) is 0 Å². The molecule has 0 fully saturated rings. The summed E-state index contributed by atoms with van der Waals surface area (Å²) in [5, 5.41) is 22.9. The molecule has 3 aromatic carbocycles. The van der Waals surface area contributed by atoms with Crippen LogP contribution in [0.2, 0.25) is 0 Å². The van der Waals surface area contributed by atoms with Crippen LogP contribution in [-0.4, -0.2) is 11.1 Å². The average Bonchev–Trinajstić information content (AvgIpc) is 2.92. The van der Waals surface area contributed by atoms with Gasteiger partial charge in [0.25, 0.3) is 0 Å². The third-order valence-corrected chi connectivity index (χ3v) is 6.51. The van der Waals surface area contributed by atoms with Gasteiger partial charge in [0, 0.05) is 22.4 Å². The maximum Gasteiger partial charge on any atom is 0.337 e. The molecule has 1 unspecified atom stereocenters. The monoisotopic (exact) mass is 510 g/mol. The summed E-state index contributed by atoms with van der Waals surface area (Å²) < 4.78 is 6.44. The highest BCUT2D eigenvalue weighted by Gasteiger charge is 2.23. The van der Waals surface area contributed by atoms with Crippen molar-refractivity contribution in [2.75, 3.05) is 5.32 Å². The molecule has 0 aliphatic heterocycles. The van der Waals surface area contributed by atoms with Gasteiger partial charge in [0.1, 0.15) is 11.3 Å². The van der Waals surface area contributed by atoms with Crippen molar-refractivity contribution in [3.05, 3.63) is 98.7 Å². The summed E-state index contributed by atoms with van der Waals surface area (Å²) in [7, 11) is 0. The fourth-order valence-electron chi connectivity index (χ4n) is 4.38. The molecule has 0 saturated carbocycles. The van der Waals surface area contributed by atoms with Gasteiger partial charge >= 0.3 is 5.97 Å². The van der Waals surface area contributed by atoms with E-state index < -0.39 is 11.4 Å². The molecule has 6 nitrogen and oxygen atoms in total. The van der Waals surface area contributed by atoms with Gasteiger partial charge in [-0.1, -0.05) is 50.2 Å². The SMILES string of the molecule is CC.Cc1cc(C(C)Nc2ccccc2C(=O)O)c2oc(-c3cccc(C(C)(C)C#N)c3)c(C)c(=O)c2c1. The van der Waals surface area contributed by atoms with E-state index in [2.05, 4.69) is 11.4 Å². The number of anilines is 1. The normalized spacial score (nSPS) is 11.7. The molecule has 0 aliphatic rings. The summed E-state index contributed by atoms with van der Waals surface area (Å²) in [6.07, 6.45) is 0. The van der Waals surface area contributed by atoms with Crippen molar-refractivity contribution in [1.29, 1.82) is 5.26 Å². The van der Waals surface area contributed by atoms with Crippen LogP contribution >= 0.6 is 0 Å². The lowest BCUT2D eigenvalue weighted by molar-refractivity contribution is 0.0698. The van der Waals surface area contributed by atoms with Crippen LogP contribution in [0.25, 0.3) is 22.3 Å². The van der Waals surface area contributed by atoms with Crippen molar-refractivity contribution in [2.45, 2.75) is 59.9 Å². The van der Waals surface area contributed by atoms with E-state index in [4.69, 9.17) is 4.42 Å². The molecule has 4 rings (SSSR count). The van der Waals surface area contributed by atoms with Crippen molar-refractivity contribution >= 4 is 22.6 Å². The lowest BCUT2D eigenvalue weighted by Crippen LogP contribution is -2.15. The third kappa shape index (κ3) is 5.47. The van der Waals surface area contributed by atoms with E-state index in [0.717, 1.165) is 22.3 Å². The number of rotatable bonds is 6. The molecular weight excluding hydrogens is 476 g/mol. The predicted molar refractivity (Wildman–Crippen MR) is 153 cm³/mol. The number of aromatic carboxylic acids is 1. The number of fused-ring (bicyclic) bond motifs is 1. The minimum absolute atomic E-state index is 0.126. The number of nitrogens with zero attached hydrogens (tertiary/aromatic N) is 1. The second kappa shape index (κ2) is 11.4. The van der Waals surface area contributed by atoms with Crippen LogP contribution in [-0.2, 0) is 5.41 Å². The number of carboxylic acid groups (broad SMARTS) is 1. The zero-order valence-electron chi connectivity index (χ0n) is 23.0. The van der Waals surface area contributed by atoms with Crippen LogP contribution in [0, 0.1) is 25.2 Å². The topological polar surface area (TPSA) is 103 Å². The van der Waals surface area contributed by atoms with Crippen molar-refractivity contribution in [2.24, 2.45) is 0 Å². The number of para-hydroxylation sites is 1. The largest absolute Gasteiger partial charge is 0.478 e. The molecule has 0 radical (unpaired) electrons. The van der Waals surface area contributed by atoms with Crippen molar-refractivity contribution in [3.8, 4) is 17.4 Å². The number of hydrogen-bond donors (Lipinski definition) is 2. The second-order valence-electron chi connectivity index (χ2n) is 9.65. The van der Waals surface area contributed by atoms with Gasteiger partial charge in [-0.15, -0.1) is 0 Å². The number of benzene rings is 3. The maximum atomic E-state index is 13.5. The summed E-state index contributed by atoms with van der Waals surface area (Å²) in [5.41, 5.74) is 3.95. The number of carboxylic acids is 1. The summed E-state index contributed by atoms with van der Waals surface area (Å²) in [4.78, 5) is 25.2. The molecule has 1 atom stereocenters. The Morgan fingerprint density at radius 1 is 1.05 bits per heavy atom. The Balaban J connectivity index is 0.00000195. The van der Waals surface area contributed by atoms with E-state index in [9.17, 15) is 20.0 Å². The van der Waals surface area contributed by atoms with Crippen molar-refractivity contribution in [1.82, 2.24) is 0 Å². The number of nitrogens with one attached hydrogen (secondary N) is 1. The Hall–Kier alpha value is -4.37. The zero-order valence-corrected chi connectivity index (χ0v) is 23.0. The highest BCUT2D eigenvalue weighted by atomic mass is 16.4. The van der Waals surface area contributed by atoms with Crippen LogP contribution in [0.1, 0.15) is 73.3 Å². The molecule has 0 amide bonds. The molecule has 38 heavy (non-hydrogen) atoms. The van der Waals surface area contributed by atoms with Crippen LogP contribution in [0.3, 0.4) is 0 Å². The predicted octanol–water partition coefficient (Wildman–Crippen LogP) is 7.78. The molecule has 4 aromatic rings. The van der Waals surface area contributed by atoms with E-state index in [1.165, 1.54) is 0 Å². The Bertz CT molecular complexity index is 1590. The van der Waals surface area contributed by atoms with Gasteiger partial charge in [0.05, 0.1) is 28.5 Å². The van der Waals surface area contributed by atoms with Gasteiger partial charge in [-0.25, -0.2) is 4.79 Å². The number of hydrogen-bond acceptors (Lipinski definition) is 5. The first-order chi connectivity index (χ1) is 18.0. The minimum atomic E-state index is -1.02. The van der Waals surface area contributed by atoms with Gasteiger partial charge in [0.2, 0.25) is 0 Å². The fraction of sp³-hybridized carbons (Fsp3) is 0.281. The summed E-state index contributed by atoms with van der Waals surface area (Å²) in [6, 6.07) is 19.9. The van der Waals surface area contributed by atoms with Gasteiger partial charge in [-0.05, 0) is 70.0 Å². The lowest BCUT2D eigenvalue weighted by atomic mass is 9.85. The highest BCUT2D eigenvalue weighted by Crippen LogP contribution is 2.34. The Morgan fingerprint density at radius 2 is 1.74 bits per heavy atom. The second-order valence-corrected chi connectivity index (χ2v) is 9.65. The molecule has 196 valence electrons. The van der Waals surface area contributed by atoms with Gasteiger partial charge in [0.15, 0.2) is 5.43 Å². The number of aryl methyl sites for hydroxylation is 1.